The van der Waals surface area contributed by atoms with E-state index in [9.17, 15) is 14.9 Å². The van der Waals surface area contributed by atoms with E-state index in [4.69, 9.17) is 0 Å². The predicted molar refractivity (Wildman–Crippen MR) is 89.5 cm³/mol. The van der Waals surface area contributed by atoms with E-state index in [0.29, 0.717) is 11.3 Å². The zero-order chi connectivity index (χ0) is 17.0. The first-order chi connectivity index (χ1) is 10.9. The second kappa shape index (κ2) is 6.91. The first-order valence-corrected chi connectivity index (χ1v) is 7.23. The number of anilines is 1. The normalized spacial score (nSPS) is 11.6. The Morgan fingerprint density at radius 2 is 1.87 bits per heavy atom. The van der Waals surface area contributed by atoms with Crippen molar-refractivity contribution in [3.8, 4) is 0 Å². The van der Waals surface area contributed by atoms with Crippen molar-refractivity contribution in [3.05, 3.63) is 69.8 Å². The Kier molecular flexibility index (Phi) is 4.95. The Morgan fingerprint density at radius 3 is 2.48 bits per heavy atom. The van der Waals surface area contributed by atoms with Gasteiger partial charge in [0.05, 0.1) is 11.0 Å². The third-order valence-corrected chi connectivity index (χ3v) is 3.77. The van der Waals surface area contributed by atoms with E-state index >= 15 is 0 Å². The van der Waals surface area contributed by atoms with E-state index in [-0.39, 0.29) is 17.8 Å². The van der Waals surface area contributed by atoms with Crippen molar-refractivity contribution in [2.24, 2.45) is 0 Å². The zero-order valence-electron chi connectivity index (χ0n) is 13.3. The lowest BCUT2D eigenvalue weighted by Gasteiger charge is -2.25. The van der Waals surface area contributed by atoms with Crippen LogP contribution in [0.25, 0.3) is 0 Å². The highest BCUT2D eigenvalue weighted by Crippen LogP contribution is 2.23. The smallest absolute Gasteiger partial charge is 0.321 e. The van der Waals surface area contributed by atoms with Gasteiger partial charge >= 0.3 is 6.03 Å². The van der Waals surface area contributed by atoms with Gasteiger partial charge in [0.25, 0.3) is 5.69 Å². The van der Waals surface area contributed by atoms with Crippen LogP contribution in [0.4, 0.5) is 16.2 Å². The van der Waals surface area contributed by atoms with Crippen LogP contribution in [-0.4, -0.2) is 22.9 Å². The molecule has 2 aromatic rings. The summed E-state index contributed by atoms with van der Waals surface area (Å²) in [5, 5.41) is 13.7. The van der Waals surface area contributed by atoms with Crippen LogP contribution in [0.3, 0.4) is 0 Å². The Bertz CT molecular complexity index is 713. The van der Waals surface area contributed by atoms with Crippen LogP contribution in [0.1, 0.15) is 24.1 Å². The number of aryl methyl sites for hydroxylation is 1. The molecule has 0 bridgehead atoms. The highest BCUT2D eigenvalue weighted by molar-refractivity contribution is 5.89. The fourth-order valence-corrected chi connectivity index (χ4v) is 2.15. The maximum Gasteiger partial charge on any atom is 0.322 e. The molecule has 0 aliphatic carbocycles. The Hall–Kier alpha value is -2.89. The maximum atomic E-state index is 12.3. The largest absolute Gasteiger partial charge is 0.322 e. The molecular weight excluding hydrogens is 294 g/mol. The number of urea groups is 1. The number of hydrogen-bond acceptors (Lipinski definition) is 3. The monoisotopic (exact) mass is 313 g/mol. The van der Waals surface area contributed by atoms with Crippen molar-refractivity contribution in [1.82, 2.24) is 4.90 Å². The molecule has 0 spiro atoms. The van der Waals surface area contributed by atoms with E-state index in [1.807, 2.05) is 38.1 Å². The van der Waals surface area contributed by atoms with Crippen LogP contribution in [0.2, 0.25) is 0 Å². The molecule has 0 aliphatic rings. The minimum absolute atomic E-state index is 0.0155. The van der Waals surface area contributed by atoms with Crippen LogP contribution < -0.4 is 5.32 Å². The van der Waals surface area contributed by atoms with Crippen LogP contribution >= 0.6 is 0 Å². The highest BCUT2D eigenvalue weighted by atomic mass is 16.6. The standard InChI is InChI=1S/C17H19N3O3/c1-12-7-9-15(10-8-12)18-17(21)19(3)13(2)14-5-4-6-16(11-14)20(22)23/h4-11,13H,1-3H3,(H,18,21)/t13-/m1/s1. The average molecular weight is 313 g/mol. The van der Waals surface area contributed by atoms with Gasteiger partial charge in [-0.05, 0) is 31.5 Å². The van der Waals surface area contributed by atoms with Gasteiger partial charge in [0.1, 0.15) is 0 Å². The molecule has 23 heavy (non-hydrogen) atoms. The number of non-ortho nitro benzene ring substituents is 1. The number of carbonyl (C=O) groups is 1. The second-order valence-electron chi connectivity index (χ2n) is 5.44. The molecule has 120 valence electrons. The van der Waals surface area contributed by atoms with Crippen LogP contribution in [-0.2, 0) is 0 Å². The minimum atomic E-state index is -0.442. The summed E-state index contributed by atoms with van der Waals surface area (Å²) in [6.45, 7) is 3.80. The van der Waals surface area contributed by atoms with Crippen molar-refractivity contribution >= 4 is 17.4 Å². The summed E-state index contributed by atoms with van der Waals surface area (Å²) in [6, 6.07) is 13.2. The molecule has 1 atom stereocenters. The van der Waals surface area contributed by atoms with Crippen LogP contribution in [0.15, 0.2) is 48.5 Å². The summed E-state index contributed by atoms with van der Waals surface area (Å²) < 4.78 is 0. The molecule has 0 saturated carbocycles. The molecule has 2 rings (SSSR count). The quantitative estimate of drug-likeness (QED) is 0.681. The Labute approximate surface area is 134 Å². The number of nitro benzene ring substituents is 1. The van der Waals surface area contributed by atoms with Gasteiger partial charge in [-0.15, -0.1) is 0 Å². The SMILES string of the molecule is Cc1ccc(NC(=O)N(C)[C@H](C)c2cccc([N+](=O)[O-])c2)cc1. The van der Waals surface area contributed by atoms with Crippen LogP contribution in [0.5, 0.6) is 0 Å². The van der Waals surface area contributed by atoms with Gasteiger partial charge in [0.15, 0.2) is 0 Å². The molecule has 6 nitrogen and oxygen atoms in total. The summed E-state index contributed by atoms with van der Waals surface area (Å²) in [6.07, 6.45) is 0. The lowest BCUT2D eigenvalue weighted by Crippen LogP contribution is -2.33. The number of amides is 2. The Balaban J connectivity index is 2.10. The summed E-state index contributed by atoms with van der Waals surface area (Å²) in [5.74, 6) is 0. The number of hydrogen-bond donors (Lipinski definition) is 1. The van der Waals surface area contributed by atoms with E-state index in [0.717, 1.165) is 5.56 Å². The molecule has 0 heterocycles. The third kappa shape index (κ3) is 4.06. The maximum absolute atomic E-state index is 12.3. The first-order valence-electron chi connectivity index (χ1n) is 7.23. The molecule has 0 saturated heterocycles. The zero-order valence-corrected chi connectivity index (χ0v) is 13.3. The van der Waals surface area contributed by atoms with Gasteiger partial charge in [-0.25, -0.2) is 4.79 Å². The van der Waals surface area contributed by atoms with Crippen molar-refractivity contribution in [3.63, 3.8) is 0 Å². The van der Waals surface area contributed by atoms with E-state index in [1.54, 1.807) is 19.2 Å². The minimum Gasteiger partial charge on any atom is -0.321 e. The van der Waals surface area contributed by atoms with E-state index in [2.05, 4.69) is 5.32 Å². The number of benzene rings is 2. The molecule has 2 aromatic carbocycles. The predicted octanol–water partition coefficient (Wildman–Crippen LogP) is 4.13. The van der Waals surface area contributed by atoms with Gasteiger partial charge in [0, 0.05) is 24.9 Å². The molecule has 0 aliphatic heterocycles. The number of nitrogens with zero attached hydrogens (tertiary/aromatic N) is 2. The fourth-order valence-electron chi connectivity index (χ4n) is 2.15. The van der Waals surface area contributed by atoms with Crippen molar-refractivity contribution in [2.75, 3.05) is 12.4 Å². The molecular formula is C17H19N3O3. The molecule has 6 heteroatoms. The van der Waals surface area contributed by atoms with Gasteiger partial charge in [-0.1, -0.05) is 29.8 Å². The molecule has 1 N–H and O–H groups in total. The van der Waals surface area contributed by atoms with E-state index < -0.39 is 4.92 Å². The fraction of sp³-hybridized carbons (Fsp3) is 0.235. The summed E-state index contributed by atoms with van der Waals surface area (Å²) in [7, 11) is 1.66. The summed E-state index contributed by atoms with van der Waals surface area (Å²) >= 11 is 0. The van der Waals surface area contributed by atoms with Gasteiger partial charge in [0.2, 0.25) is 0 Å². The molecule has 0 unspecified atom stereocenters. The number of nitro groups is 1. The van der Waals surface area contributed by atoms with Gasteiger partial charge in [-0.2, -0.15) is 0 Å². The topological polar surface area (TPSA) is 75.5 Å². The highest BCUT2D eigenvalue weighted by Gasteiger charge is 2.19. The van der Waals surface area contributed by atoms with Gasteiger partial charge in [-0.3, -0.25) is 10.1 Å². The van der Waals surface area contributed by atoms with Crippen molar-refractivity contribution in [1.29, 1.82) is 0 Å². The molecule has 0 fully saturated rings. The lowest BCUT2D eigenvalue weighted by molar-refractivity contribution is -0.384. The average Bonchev–Trinajstić information content (AvgIpc) is 2.55. The number of nitrogens with one attached hydrogen (secondary N) is 1. The number of rotatable bonds is 4. The van der Waals surface area contributed by atoms with Crippen molar-refractivity contribution < 1.29 is 9.72 Å². The van der Waals surface area contributed by atoms with Crippen LogP contribution in [0, 0.1) is 17.0 Å². The molecule has 2 amide bonds. The third-order valence-electron chi connectivity index (χ3n) is 3.77. The van der Waals surface area contributed by atoms with E-state index in [1.165, 1.54) is 17.0 Å². The lowest BCUT2D eigenvalue weighted by atomic mass is 10.1. The summed E-state index contributed by atoms with van der Waals surface area (Å²) in [5.41, 5.74) is 2.54. The second-order valence-corrected chi connectivity index (χ2v) is 5.44. The summed E-state index contributed by atoms with van der Waals surface area (Å²) in [4.78, 5) is 24.2. The van der Waals surface area contributed by atoms with Gasteiger partial charge < -0.3 is 10.2 Å². The number of carbonyl (C=O) groups excluding carboxylic acids is 1. The molecule has 0 radical (unpaired) electrons. The molecule has 0 aromatic heterocycles. The van der Waals surface area contributed by atoms with Crippen molar-refractivity contribution in [2.45, 2.75) is 19.9 Å². The Morgan fingerprint density at radius 1 is 1.22 bits per heavy atom. The first kappa shape index (κ1) is 16.5.